The molecule has 0 fully saturated rings. The molecule has 0 amide bonds. The van der Waals surface area contributed by atoms with Crippen molar-refractivity contribution >= 4 is 0 Å². The molecular formula is C14H27N3. The minimum absolute atomic E-state index is 0.755. The molecule has 0 aliphatic heterocycles. The van der Waals surface area contributed by atoms with E-state index in [0.29, 0.717) is 0 Å². The van der Waals surface area contributed by atoms with Crippen LogP contribution in [0.15, 0.2) is 0 Å². The summed E-state index contributed by atoms with van der Waals surface area (Å²) in [7, 11) is 2.00. The number of aromatic nitrogens is 2. The molecule has 0 aliphatic carbocycles. The number of hydrogen-bond acceptors (Lipinski definition) is 2. The lowest BCUT2D eigenvalue weighted by Gasteiger charge is -2.13. The summed E-state index contributed by atoms with van der Waals surface area (Å²) in [5.74, 6) is 0.755. The number of rotatable bonds is 7. The molecule has 1 aromatic heterocycles. The smallest absolute Gasteiger partial charge is 0.0628 e. The van der Waals surface area contributed by atoms with Crippen molar-refractivity contribution < 1.29 is 0 Å². The molecule has 1 aromatic rings. The van der Waals surface area contributed by atoms with Crippen LogP contribution in [0, 0.1) is 19.8 Å². The fraction of sp³-hybridized carbons (Fsp3) is 0.786. The number of nitrogens with zero attached hydrogens (tertiary/aromatic N) is 2. The van der Waals surface area contributed by atoms with Gasteiger partial charge in [-0.2, -0.15) is 5.10 Å². The molecule has 3 nitrogen and oxygen atoms in total. The van der Waals surface area contributed by atoms with Gasteiger partial charge in [-0.15, -0.1) is 0 Å². The Morgan fingerprint density at radius 2 is 1.88 bits per heavy atom. The maximum absolute atomic E-state index is 4.69. The van der Waals surface area contributed by atoms with Crippen molar-refractivity contribution in [3.63, 3.8) is 0 Å². The van der Waals surface area contributed by atoms with Crippen molar-refractivity contribution in [3.05, 3.63) is 17.0 Å². The minimum atomic E-state index is 0.755. The molecule has 0 saturated heterocycles. The molecular weight excluding hydrogens is 210 g/mol. The maximum Gasteiger partial charge on any atom is 0.0628 e. The van der Waals surface area contributed by atoms with Crippen molar-refractivity contribution in [1.29, 1.82) is 0 Å². The van der Waals surface area contributed by atoms with Crippen LogP contribution in [-0.2, 0) is 13.0 Å². The Hall–Kier alpha value is -0.830. The maximum atomic E-state index is 4.69. The quantitative estimate of drug-likeness (QED) is 0.790. The molecule has 0 radical (unpaired) electrons. The average Bonchev–Trinajstić information content (AvgIpc) is 2.59. The van der Waals surface area contributed by atoms with E-state index in [2.05, 4.69) is 42.8 Å². The highest BCUT2D eigenvalue weighted by atomic mass is 15.3. The Morgan fingerprint density at radius 1 is 1.24 bits per heavy atom. The molecule has 0 spiro atoms. The normalized spacial score (nSPS) is 11.4. The summed E-state index contributed by atoms with van der Waals surface area (Å²) in [5, 5.41) is 7.89. The molecule has 0 bridgehead atoms. The summed E-state index contributed by atoms with van der Waals surface area (Å²) in [6.07, 6.45) is 3.55. The predicted octanol–water partition coefficient (Wildman–Crippen LogP) is 2.70. The van der Waals surface area contributed by atoms with Gasteiger partial charge >= 0.3 is 0 Å². The lowest BCUT2D eigenvalue weighted by atomic mass is 10.0. The van der Waals surface area contributed by atoms with Crippen LogP contribution >= 0.6 is 0 Å². The highest BCUT2D eigenvalue weighted by molar-refractivity contribution is 5.24. The molecule has 1 heterocycles. The standard InChI is InChI=1S/C14H27N3/c1-6-13(7-2)10-17-12(4)14(8-9-15-5)11(3)16-17/h13,15H,6-10H2,1-5H3. The summed E-state index contributed by atoms with van der Waals surface area (Å²) in [6.45, 7) is 11.0. The van der Waals surface area contributed by atoms with E-state index < -0.39 is 0 Å². The topological polar surface area (TPSA) is 29.9 Å². The van der Waals surface area contributed by atoms with Gasteiger partial charge in [0.2, 0.25) is 0 Å². The molecule has 0 unspecified atom stereocenters. The van der Waals surface area contributed by atoms with Gasteiger partial charge in [0.1, 0.15) is 0 Å². The lowest BCUT2D eigenvalue weighted by Crippen LogP contribution is -2.13. The Labute approximate surface area is 106 Å². The minimum Gasteiger partial charge on any atom is -0.319 e. The van der Waals surface area contributed by atoms with Crippen LogP contribution in [-0.4, -0.2) is 23.4 Å². The zero-order valence-corrected chi connectivity index (χ0v) is 12.0. The molecule has 0 aliphatic rings. The first kappa shape index (κ1) is 14.2. The van der Waals surface area contributed by atoms with Crippen LogP contribution in [0.3, 0.4) is 0 Å². The monoisotopic (exact) mass is 237 g/mol. The third-order valence-corrected chi connectivity index (χ3v) is 3.74. The molecule has 0 atom stereocenters. The second-order valence-corrected chi connectivity index (χ2v) is 4.87. The first-order chi connectivity index (χ1) is 8.13. The Bertz CT molecular complexity index is 337. The summed E-state index contributed by atoms with van der Waals surface area (Å²) in [5.41, 5.74) is 3.97. The zero-order chi connectivity index (χ0) is 12.8. The van der Waals surface area contributed by atoms with Gasteiger partial charge in [0.05, 0.1) is 5.69 Å². The van der Waals surface area contributed by atoms with Gasteiger partial charge in [-0.3, -0.25) is 4.68 Å². The highest BCUT2D eigenvalue weighted by Gasteiger charge is 2.13. The van der Waals surface area contributed by atoms with Crippen LogP contribution < -0.4 is 5.32 Å². The van der Waals surface area contributed by atoms with Crippen LogP contribution in [0.5, 0.6) is 0 Å². The number of aryl methyl sites for hydroxylation is 1. The summed E-state index contributed by atoms with van der Waals surface area (Å²) in [4.78, 5) is 0. The van der Waals surface area contributed by atoms with Crippen LogP contribution in [0.1, 0.15) is 43.6 Å². The van der Waals surface area contributed by atoms with E-state index in [1.54, 1.807) is 0 Å². The third-order valence-electron chi connectivity index (χ3n) is 3.74. The van der Waals surface area contributed by atoms with Crippen LogP contribution in [0.4, 0.5) is 0 Å². The van der Waals surface area contributed by atoms with E-state index in [-0.39, 0.29) is 0 Å². The van der Waals surface area contributed by atoms with Gasteiger partial charge in [-0.25, -0.2) is 0 Å². The fourth-order valence-corrected chi connectivity index (χ4v) is 2.32. The summed E-state index contributed by atoms with van der Waals surface area (Å²) in [6, 6.07) is 0. The average molecular weight is 237 g/mol. The van der Waals surface area contributed by atoms with Gasteiger partial charge in [-0.05, 0) is 45.3 Å². The summed E-state index contributed by atoms with van der Waals surface area (Å²) < 4.78 is 2.21. The second kappa shape index (κ2) is 6.80. The SMILES string of the molecule is CCC(CC)Cn1nc(C)c(CCNC)c1C. The second-order valence-electron chi connectivity index (χ2n) is 4.87. The molecule has 1 rings (SSSR count). The van der Waals surface area contributed by atoms with Crippen LogP contribution in [0.2, 0.25) is 0 Å². The van der Waals surface area contributed by atoms with Gasteiger partial charge in [-0.1, -0.05) is 26.7 Å². The molecule has 0 saturated carbocycles. The van der Waals surface area contributed by atoms with E-state index in [9.17, 15) is 0 Å². The first-order valence-corrected chi connectivity index (χ1v) is 6.81. The largest absolute Gasteiger partial charge is 0.319 e. The van der Waals surface area contributed by atoms with E-state index in [4.69, 9.17) is 0 Å². The number of nitrogens with one attached hydrogen (secondary N) is 1. The first-order valence-electron chi connectivity index (χ1n) is 6.81. The Kier molecular flexibility index (Phi) is 5.69. The highest BCUT2D eigenvalue weighted by Crippen LogP contribution is 2.17. The third kappa shape index (κ3) is 3.56. The Morgan fingerprint density at radius 3 is 2.41 bits per heavy atom. The molecule has 0 aromatic carbocycles. The molecule has 1 N–H and O–H groups in total. The van der Waals surface area contributed by atoms with Crippen molar-refractivity contribution in [2.24, 2.45) is 5.92 Å². The van der Waals surface area contributed by atoms with E-state index in [0.717, 1.165) is 25.4 Å². The lowest BCUT2D eigenvalue weighted by molar-refractivity contribution is 0.390. The van der Waals surface area contributed by atoms with Crippen LogP contribution in [0.25, 0.3) is 0 Å². The van der Waals surface area contributed by atoms with E-state index >= 15 is 0 Å². The van der Waals surface area contributed by atoms with E-state index in [1.807, 2.05) is 7.05 Å². The fourth-order valence-electron chi connectivity index (χ4n) is 2.32. The Balaban J connectivity index is 2.80. The van der Waals surface area contributed by atoms with Crippen molar-refractivity contribution in [1.82, 2.24) is 15.1 Å². The molecule has 98 valence electrons. The van der Waals surface area contributed by atoms with Crippen molar-refractivity contribution in [2.75, 3.05) is 13.6 Å². The van der Waals surface area contributed by atoms with Gasteiger partial charge in [0, 0.05) is 12.2 Å². The molecule has 17 heavy (non-hydrogen) atoms. The summed E-state index contributed by atoms with van der Waals surface area (Å²) >= 11 is 0. The van der Waals surface area contributed by atoms with Crippen molar-refractivity contribution in [2.45, 2.75) is 53.5 Å². The number of hydrogen-bond donors (Lipinski definition) is 1. The van der Waals surface area contributed by atoms with E-state index in [1.165, 1.54) is 29.8 Å². The zero-order valence-electron chi connectivity index (χ0n) is 12.0. The predicted molar refractivity (Wildman–Crippen MR) is 73.4 cm³/mol. The van der Waals surface area contributed by atoms with Crippen molar-refractivity contribution in [3.8, 4) is 0 Å². The van der Waals surface area contributed by atoms with Gasteiger partial charge < -0.3 is 5.32 Å². The van der Waals surface area contributed by atoms with Gasteiger partial charge in [0.15, 0.2) is 0 Å². The van der Waals surface area contributed by atoms with Gasteiger partial charge in [0.25, 0.3) is 0 Å². The molecule has 3 heteroatoms. The number of likely N-dealkylation sites (N-methyl/N-ethyl adjacent to an activating group) is 1.